The molecule has 0 saturated carbocycles. The highest BCUT2D eigenvalue weighted by atomic mass is 16.2. The van der Waals surface area contributed by atoms with Crippen molar-refractivity contribution >= 4 is 11.9 Å². The van der Waals surface area contributed by atoms with Crippen LogP contribution in [0.4, 0.5) is 0 Å². The van der Waals surface area contributed by atoms with Crippen molar-refractivity contribution in [2.24, 2.45) is 22.7 Å². The molecule has 2 heterocycles. The van der Waals surface area contributed by atoms with E-state index in [2.05, 4.69) is 36.3 Å². The van der Waals surface area contributed by atoms with Crippen LogP contribution >= 0.6 is 0 Å². The highest BCUT2D eigenvalue weighted by Gasteiger charge is 2.28. The number of carbonyl (C=O) groups is 1. The molecule has 2 saturated heterocycles. The normalized spacial score (nSPS) is 27.3. The molecule has 27 heavy (non-hydrogen) atoms. The van der Waals surface area contributed by atoms with E-state index in [4.69, 9.17) is 4.99 Å². The third-order valence-electron chi connectivity index (χ3n) is 5.53. The lowest BCUT2D eigenvalue weighted by atomic mass is 9.92. The van der Waals surface area contributed by atoms with Gasteiger partial charge in [0.2, 0.25) is 5.91 Å². The largest absolute Gasteiger partial charge is 0.357 e. The van der Waals surface area contributed by atoms with Crippen LogP contribution in [0, 0.1) is 17.8 Å². The van der Waals surface area contributed by atoms with Crippen molar-refractivity contribution in [3.05, 3.63) is 0 Å². The maximum atomic E-state index is 12.2. The number of likely N-dealkylation sites (tertiary alicyclic amines) is 2. The van der Waals surface area contributed by atoms with Gasteiger partial charge in [0.05, 0.1) is 0 Å². The Morgan fingerprint density at radius 3 is 2.52 bits per heavy atom. The van der Waals surface area contributed by atoms with Gasteiger partial charge >= 0.3 is 0 Å². The van der Waals surface area contributed by atoms with Crippen molar-refractivity contribution in [2.45, 2.75) is 59.9 Å². The lowest BCUT2D eigenvalue weighted by Crippen LogP contribution is -2.45. The van der Waals surface area contributed by atoms with Crippen LogP contribution in [0.3, 0.4) is 0 Å². The number of nitrogens with zero attached hydrogens (tertiary/aromatic N) is 3. The molecule has 0 spiro atoms. The second-order valence-electron chi connectivity index (χ2n) is 8.89. The standard InChI is InChI=1S/C21H41N5O/c1-6-22-21(24-19-8-11-26(15-19)20(27)16(2)3)23-9-7-10-25-13-17(4)12-18(5)14-25/h16-19H,6-15H2,1-5H3,(H2,22,23,24). The minimum atomic E-state index is 0.0749. The van der Waals surface area contributed by atoms with Crippen LogP contribution < -0.4 is 10.6 Å². The van der Waals surface area contributed by atoms with Gasteiger partial charge in [-0.1, -0.05) is 27.7 Å². The number of aliphatic imine (C=N–C) groups is 1. The van der Waals surface area contributed by atoms with Gasteiger partial charge in [-0.25, -0.2) is 0 Å². The fourth-order valence-corrected chi connectivity index (χ4v) is 4.42. The summed E-state index contributed by atoms with van der Waals surface area (Å²) < 4.78 is 0. The monoisotopic (exact) mass is 379 g/mol. The minimum absolute atomic E-state index is 0.0749. The van der Waals surface area contributed by atoms with Crippen molar-refractivity contribution in [2.75, 3.05) is 45.8 Å². The second-order valence-corrected chi connectivity index (χ2v) is 8.89. The molecule has 2 aliphatic heterocycles. The van der Waals surface area contributed by atoms with Crippen LogP contribution in [-0.4, -0.2) is 73.5 Å². The maximum Gasteiger partial charge on any atom is 0.225 e. The van der Waals surface area contributed by atoms with Gasteiger partial charge in [0.25, 0.3) is 0 Å². The molecule has 0 aromatic heterocycles. The number of rotatable bonds is 7. The topological polar surface area (TPSA) is 60.0 Å². The zero-order chi connectivity index (χ0) is 19.8. The molecule has 6 heteroatoms. The van der Waals surface area contributed by atoms with Crippen LogP contribution in [0.25, 0.3) is 0 Å². The summed E-state index contributed by atoms with van der Waals surface area (Å²) in [5.74, 6) is 2.85. The van der Waals surface area contributed by atoms with Crippen molar-refractivity contribution in [3.63, 3.8) is 0 Å². The van der Waals surface area contributed by atoms with Gasteiger partial charge in [-0.3, -0.25) is 9.79 Å². The first-order valence-corrected chi connectivity index (χ1v) is 10.9. The summed E-state index contributed by atoms with van der Waals surface area (Å²) in [6, 6.07) is 0.300. The highest BCUT2D eigenvalue weighted by Crippen LogP contribution is 2.20. The molecule has 2 aliphatic rings. The Morgan fingerprint density at radius 2 is 1.89 bits per heavy atom. The maximum absolute atomic E-state index is 12.2. The van der Waals surface area contributed by atoms with E-state index in [1.165, 1.54) is 19.5 Å². The van der Waals surface area contributed by atoms with Gasteiger partial charge in [0.1, 0.15) is 0 Å². The van der Waals surface area contributed by atoms with E-state index in [-0.39, 0.29) is 11.8 Å². The molecule has 2 N–H and O–H groups in total. The average Bonchev–Trinajstić information content (AvgIpc) is 3.05. The van der Waals surface area contributed by atoms with Gasteiger partial charge in [0.15, 0.2) is 5.96 Å². The van der Waals surface area contributed by atoms with Crippen LogP contribution in [-0.2, 0) is 4.79 Å². The Kier molecular flexibility index (Phi) is 8.87. The van der Waals surface area contributed by atoms with Crippen LogP contribution in [0.1, 0.15) is 53.9 Å². The zero-order valence-electron chi connectivity index (χ0n) is 18.1. The molecule has 0 bridgehead atoms. The second kappa shape index (κ2) is 10.9. The summed E-state index contributed by atoms with van der Waals surface area (Å²) >= 11 is 0. The van der Waals surface area contributed by atoms with Crippen molar-refractivity contribution < 1.29 is 4.79 Å². The molecule has 0 aromatic rings. The smallest absolute Gasteiger partial charge is 0.225 e. The van der Waals surface area contributed by atoms with Crippen molar-refractivity contribution in [3.8, 4) is 0 Å². The first-order valence-electron chi connectivity index (χ1n) is 10.9. The Labute approximate surface area is 166 Å². The number of amides is 1. The van der Waals surface area contributed by atoms with Gasteiger partial charge in [-0.15, -0.1) is 0 Å². The van der Waals surface area contributed by atoms with E-state index in [1.54, 1.807) is 0 Å². The number of piperidine rings is 1. The van der Waals surface area contributed by atoms with E-state index in [0.717, 1.165) is 63.4 Å². The number of guanidine groups is 1. The highest BCUT2D eigenvalue weighted by molar-refractivity contribution is 5.81. The van der Waals surface area contributed by atoms with E-state index in [1.807, 2.05) is 18.7 Å². The first kappa shape index (κ1) is 22.0. The molecular formula is C21H41N5O. The molecule has 156 valence electrons. The number of hydrogen-bond donors (Lipinski definition) is 2. The molecule has 6 nitrogen and oxygen atoms in total. The quantitative estimate of drug-likeness (QED) is 0.404. The fourth-order valence-electron chi connectivity index (χ4n) is 4.42. The Bertz CT molecular complexity index is 483. The SMILES string of the molecule is CCNC(=NCCCN1CC(C)CC(C)C1)NC1CCN(C(=O)C(C)C)C1. The molecule has 1 amide bonds. The van der Waals surface area contributed by atoms with E-state index in [9.17, 15) is 4.79 Å². The summed E-state index contributed by atoms with van der Waals surface area (Å²) in [6.45, 7) is 17.7. The fraction of sp³-hybridized carbons (Fsp3) is 0.905. The van der Waals surface area contributed by atoms with Crippen molar-refractivity contribution in [1.82, 2.24) is 20.4 Å². The van der Waals surface area contributed by atoms with Crippen LogP contribution in [0.15, 0.2) is 4.99 Å². The summed E-state index contributed by atoms with van der Waals surface area (Å²) in [5, 5.41) is 6.88. The molecule has 0 aromatic carbocycles. The predicted molar refractivity (Wildman–Crippen MR) is 113 cm³/mol. The molecule has 3 unspecified atom stereocenters. The minimum Gasteiger partial charge on any atom is -0.357 e. The number of carbonyl (C=O) groups excluding carboxylic acids is 1. The molecule has 0 aliphatic carbocycles. The lowest BCUT2D eigenvalue weighted by Gasteiger charge is -2.34. The summed E-state index contributed by atoms with van der Waals surface area (Å²) in [5.41, 5.74) is 0. The van der Waals surface area contributed by atoms with Crippen LogP contribution in [0.2, 0.25) is 0 Å². The molecular weight excluding hydrogens is 338 g/mol. The summed E-state index contributed by atoms with van der Waals surface area (Å²) in [4.78, 5) is 21.5. The van der Waals surface area contributed by atoms with Gasteiger partial charge < -0.3 is 20.4 Å². The summed E-state index contributed by atoms with van der Waals surface area (Å²) in [6.07, 6.45) is 3.45. The molecule has 2 rings (SSSR count). The van der Waals surface area contributed by atoms with Gasteiger partial charge in [0, 0.05) is 51.2 Å². The first-order chi connectivity index (χ1) is 12.9. The number of nitrogens with one attached hydrogen (secondary N) is 2. The third-order valence-corrected chi connectivity index (χ3v) is 5.53. The predicted octanol–water partition coefficient (Wildman–Crippen LogP) is 2.17. The van der Waals surface area contributed by atoms with Crippen molar-refractivity contribution in [1.29, 1.82) is 0 Å². The van der Waals surface area contributed by atoms with E-state index < -0.39 is 0 Å². The Balaban J connectivity index is 1.75. The Morgan fingerprint density at radius 1 is 1.19 bits per heavy atom. The van der Waals surface area contributed by atoms with Crippen LogP contribution in [0.5, 0.6) is 0 Å². The van der Waals surface area contributed by atoms with E-state index >= 15 is 0 Å². The average molecular weight is 380 g/mol. The molecule has 0 radical (unpaired) electrons. The molecule has 2 fully saturated rings. The Hall–Kier alpha value is -1.30. The molecule has 3 atom stereocenters. The number of hydrogen-bond acceptors (Lipinski definition) is 3. The summed E-state index contributed by atoms with van der Waals surface area (Å²) in [7, 11) is 0. The van der Waals surface area contributed by atoms with E-state index in [0.29, 0.717) is 6.04 Å². The van der Waals surface area contributed by atoms with Gasteiger partial charge in [-0.2, -0.15) is 0 Å². The zero-order valence-corrected chi connectivity index (χ0v) is 18.1. The lowest BCUT2D eigenvalue weighted by molar-refractivity contribution is -0.133. The third kappa shape index (κ3) is 7.32. The van der Waals surface area contributed by atoms with Gasteiger partial charge in [-0.05, 0) is 44.6 Å².